The summed E-state index contributed by atoms with van der Waals surface area (Å²) in [6.45, 7) is 4.54. The SMILES string of the molecule is Cc1nccn1CCNCC1(O)CCCCC1. The average molecular weight is 237 g/mol. The van der Waals surface area contributed by atoms with E-state index in [9.17, 15) is 5.11 Å². The minimum Gasteiger partial charge on any atom is -0.389 e. The Balaban J connectivity index is 1.67. The lowest BCUT2D eigenvalue weighted by atomic mass is 9.85. The highest BCUT2D eigenvalue weighted by molar-refractivity contribution is 4.89. The van der Waals surface area contributed by atoms with Gasteiger partial charge in [-0.25, -0.2) is 4.98 Å². The second-order valence-corrected chi connectivity index (χ2v) is 5.13. The predicted molar refractivity (Wildman–Crippen MR) is 67.9 cm³/mol. The van der Waals surface area contributed by atoms with Crippen molar-refractivity contribution >= 4 is 0 Å². The van der Waals surface area contributed by atoms with E-state index in [0.717, 1.165) is 38.3 Å². The number of aliphatic hydroxyl groups is 1. The van der Waals surface area contributed by atoms with Gasteiger partial charge in [-0.3, -0.25) is 0 Å². The molecule has 0 radical (unpaired) electrons. The third-order valence-corrected chi connectivity index (χ3v) is 3.69. The maximum atomic E-state index is 10.3. The Hall–Kier alpha value is -0.870. The summed E-state index contributed by atoms with van der Waals surface area (Å²) in [6.07, 6.45) is 9.32. The lowest BCUT2D eigenvalue weighted by Gasteiger charge is -2.32. The molecule has 0 amide bonds. The smallest absolute Gasteiger partial charge is 0.105 e. The van der Waals surface area contributed by atoms with E-state index >= 15 is 0 Å². The summed E-state index contributed by atoms with van der Waals surface area (Å²) < 4.78 is 2.12. The van der Waals surface area contributed by atoms with Gasteiger partial charge in [-0.05, 0) is 19.8 Å². The first-order chi connectivity index (χ1) is 8.20. The van der Waals surface area contributed by atoms with E-state index in [1.54, 1.807) is 0 Å². The fraction of sp³-hybridized carbons (Fsp3) is 0.769. The number of aromatic nitrogens is 2. The average Bonchev–Trinajstić information content (AvgIpc) is 2.72. The van der Waals surface area contributed by atoms with Crippen LogP contribution in [0.1, 0.15) is 37.9 Å². The van der Waals surface area contributed by atoms with Gasteiger partial charge in [0.2, 0.25) is 0 Å². The summed E-state index contributed by atoms with van der Waals surface area (Å²) in [5.74, 6) is 1.04. The van der Waals surface area contributed by atoms with Gasteiger partial charge in [0.05, 0.1) is 5.60 Å². The van der Waals surface area contributed by atoms with Crippen LogP contribution in [-0.2, 0) is 6.54 Å². The molecular formula is C13H23N3O. The number of rotatable bonds is 5. The first kappa shape index (κ1) is 12.6. The van der Waals surface area contributed by atoms with Crippen molar-refractivity contribution in [1.29, 1.82) is 0 Å². The molecule has 1 saturated carbocycles. The van der Waals surface area contributed by atoms with E-state index in [0.29, 0.717) is 0 Å². The van der Waals surface area contributed by atoms with Gasteiger partial charge in [0.1, 0.15) is 5.82 Å². The van der Waals surface area contributed by atoms with Gasteiger partial charge < -0.3 is 15.0 Å². The molecule has 1 aromatic rings. The Kier molecular flexibility index (Phi) is 4.18. The summed E-state index contributed by atoms with van der Waals surface area (Å²) in [6, 6.07) is 0. The van der Waals surface area contributed by atoms with Crippen LogP contribution in [0.15, 0.2) is 12.4 Å². The highest BCUT2D eigenvalue weighted by Crippen LogP contribution is 2.27. The molecular weight excluding hydrogens is 214 g/mol. The van der Waals surface area contributed by atoms with Gasteiger partial charge in [0.25, 0.3) is 0 Å². The van der Waals surface area contributed by atoms with Crippen LogP contribution in [0.4, 0.5) is 0 Å². The van der Waals surface area contributed by atoms with Crippen molar-refractivity contribution in [2.75, 3.05) is 13.1 Å². The fourth-order valence-corrected chi connectivity index (χ4v) is 2.55. The van der Waals surface area contributed by atoms with Crippen LogP contribution < -0.4 is 5.32 Å². The second kappa shape index (κ2) is 5.65. The lowest BCUT2D eigenvalue weighted by Crippen LogP contribution is -2.42. The molecule has 4 heteroatoms. The van der Waals surface area contributed by atoms with Gasteiger partial charge in [0, 0.05) is 32.0 Å². The van der Waals surface area contributed by atoms with E-state index in [1.165, 1.54) is 19.3 Å². The molecule has 1 fully saturated rings. The Bertz CT molecular complexity index is 342. The number of hydrogen-bond donors (Lipinski definition) is 2. The fourth-order valence-electron chi connectivity index (χ4n) is 2.55. The van der Waals surface area contributed by atoms with Crippen LogP contribution in [0.25, 0.3) is 0 Å². The highest BCUT2D eigenvalue weighted by Gasteiger charge is 2.28. The van der Waals surface area contributed by atoms with Crippen molar-refractivity contribution in [3.8, 4) is 0 Å². The van der Waals surface area contributed by atoms with Crippen molar-refractivity contribution < 1.29 is 5.11 Å². The predicted octanol–water partition coefficient (Wildman–Crippen LogP) is 1.48. The van der Waals surface area contributed by atoms with Crippen LogP contribution in [0, 0.1) is 6.92 Å². The quantitative estimate of drug-likeness (QED) is 0.763. The van der Waals surface area contributed by atoms with Crippen LogP contribution in [0.3, 0.4) is 0 Å². The van der Waals surface area contributed by atoms with Gasteiger partial charge in [0.15, 0.2) is 0 Å². The molecule has 17 heavy (non-hydrogen) atoms. The Morgan fingerprint density at radius 3 is 2.82 bits per heavy atom. The first-order valence-corrected chi connectivity index (χ1v) is 6.60. The largest absolute Gasteiger partial charge is 0.389 e. The molecule has 0 aromatic carbocycles. The van der Waals surface area contributed by atoms with E-state index < -0.39 is 5.60 Å². The Morgan fingerprint density at radius 1 is 1.41 bits per heavy atom. The molecule has 4 nitrogen and oxygen atoms in total. The van der Waals surface area contributed by atoms with E-state index in [2.05, 4.69) is 14.9 Å². The minimum absolute atomic E-state index is 0.456. The number of imidazole rings is 1. The summed E-state index contributed by atoms with van der Waals surface area (Å²) in [4.78, 5) is 4.18. The molecule has 1 aliphatic rings. The van der Waals surface area contributed by atoms with Crippen LogP contribution >= 0.6 is 0 Å². The molecule has 0 aliphatic heterocycles. The zero-order chi connectivity index (χ0) is 12.1. The minimum atomic E-state index is -0.456. The monoisotopic (exact) mass is 237 g/mol. The Morgan fingerprint density at radius 2 is 2.18 bits per heavy atom. The van der Waals surface area contributed by atoms with Crippen molar-refractivity contribution in [1.82, 2.24) is 14.9 Å². The topological polar surface area (TPSA) is 50.1 Å². The van der Waals surface area contributed by atoms with Crippen molar-refractivity contribution in [2.24, 2.45) is 0 Å². The van der Waals surface area contributed by atoms with E-state index in [4.69, 9.17) is 0 Å². The molecule has 96 valence electrons. The normalized spacial score (nSPS) is 19.4. The van der Waals surface area contributed by atoms with Gasteiger partial charge in [-0.15, -0.1) is 0 Å². The molecule has 0 unspecified atom stereocenters. The summed E-state index contributed by atoms with van der Waals surface area (Å²) >= 11 is 0. The number of nitrogens with one attached hydrogen (secondary N) is 1. The summed E-state index contributed by atoms with van der Waals surface area (Å²) in [5.41, 5.74) is -0.456. The van der Waals surface area contributed by atoms with Crippen LogP contribution in [0.5, 0.6) is 0 Å². The molecule has 0 spiro atoms. The van der Waals surface area contributed by atoms with Crippen molar-refractivity contribution in [3.63, 3.8) is 0 Å². The maximum Gasteiger partial charge on any atom is 0.105 e. The van der Waals surface area contributed by atoms with Crippen molar-refractivity contribution in [2.45, 2.75) is 51.2 Å². The van der Waals surface area contributed by atoms with Gasteiger partial charge in [-0.1, -0.05) is 19.3 Å². The zero-order valence-electron chi connectivity index (χ0n) is 10.7. The summed E-state index contributed by atoms with van der Waals surface area (Å²) in [5, 5.41) is 13.7. The van der Waals surface area contributed by atoms with E-state index in [1.807, 2.05) is 19.3 Å². The Labute approximate surface area is 103 Å². The molecule has 1 heterocycles. The molecule has 0 bridgehead atoms. The van der Waals surface area contributed by atoms with Crippen molar-refractivity contribution in [3.05, 3.63) is 18.2 Å². The van der Waals surface area contributed by atoms with Crippen LogP contribution in [0.2, 0.25) is 0 Å². The molecule has 0 atom stereocenters. The first-order valence-electron chi connectivity index (χ1n) is 6.60. The number of nitrogens with zero attached hydrogens (tertiary/aromatic N) is 2. The third kappa shape index (κ3) is 3.54. The highest BCUT2D eigenvalue weighted by atomic mass is 16.3. The summed E-state index contributed by atoms with van der Waals surface area (Å²) in [7, 11) is 0. The molecule has 1 aromatic heterocycles. The van der Waals surface area contributed by atoms with Crippen LogP contribution in [-0.4, -0.2) is 33.3 Å². The van der Waals surface area contributed by atoms with Gasteiger partial charge >= 0.3 is 0 Å². The maximum absolute atomic E-state index is 10.3. The zero-order valence-corrected chi connectivity index (χ0v) is 10.7. The molecule has 1 aliphatic carbocycles. The number of hydrogen-bond acceptors (Lipinski definition) is 3. The molecule has 2 N–H and O–H groups in total. The standard InChI is InChI=1S/C13H23N3O/c1-12-15-8-10-16(12)9-7-14-11-13(17)5-3-2-4-6-13/h8,10,14,17H,2-7,9,11H2,1H3. The molecule has 0 saturated heterocycles. The van der Waals surface area contributed by atoms with E-state index in [-0.39, 0.29) is 0 Å². The number of aryl methyl sites for hydroxylation is 1. The van der Waals surface area contributed by atoms with Gasteiger partial charge in [-0.2, -0.15) is 0 Å². The third-order valence-electron chi connectivity index (χ3n) is 3.69. The molecule has 2 rings (SSSR count). The lowest BCUT2D eigenvalue weighted by molar-refractivity contribution is 0.00495. The second-order valence-electron chi connectivity index (χ2n) is 5.13.